The number of benzene rings is 2. The van der Waals surface area contributed by atoms with E-state index in [4.69, 9.17) is 21.7 Å². The average molecular weight is 426 g/mol. The van der Waals surface area contributed by atoms with E-state index in [1.165, 1.54) is 0 Å². The number of nitrogens with one attached hydrogen (secondary N) is 1. The van der Waals surface area contributed by atoms with E-state index in [9.17, 15) is 4.79 Å². The molecule has 1 aromatic heterocycles. The summed E-state index contributed by atoms with van der Waals surface area (Å²) in [6.07, 6.45) is 1.92. The number of aromatic nitrogens is 2. The van der Waals surface area contributed by atoms with Gasteiger partial charge in [0.05, 0.1) is 31.3 Å². The first kappa shape index (κ1) is 20.6. The van der Waals surface area contributed by atoms with Crippen LogP contribution >= 0.6 is 12.2 Å². The Labute approximate surface area is 181 Å². The van der Waals surface area contributed by atoms with Crippen molar-refractivity contribution in [1.82, 2.24) is 14.5 Å². The highest BCUT2D eigenvalue weighted by Gasteiger charge is 2.29. The van der Waals surface area contributed by atoms with Gasteiger partial charge in [-0.3, -0.25) is 9.69 Å². The zero-order valence-electron chi connectivity index (χ0n) is 17.6. The maximum atomic E-state index is 13.1. The Morgan fingerprint density at radius 3 is 2.50 bits per heavy atom. The number of aromatic amines is 1. The number of carbonyl (C=O) groups is 1. The van der Waals surface area contributed by atoms with Crippen molar-refractivity contribution in [3.05, 3.63) is 52.8 Å². The van der Waals surface area contributed by atoms with Gasteiger partial charge >= 0.3 is 0 Å². The molecule has 158 valence electrons. The molecule has 1 saturated heterocycles. The zero-order chi connectivity index (χ0) is 21.3. The van der Waals surface area contributed by atoms with Crippen molar-refractivity contribution in [1.29, 1.82) is 0 Å². The van der Waals surface area contributed by atoms with Gasteiger partial charge in [0.2, 0.25) is 0 Å². The topological polar surface area (TPSA) is 59.5 Å². The molecule has 4 rings (SSSR count). The van der Waals surface area contributed by atoms with Gasteiger partial charge in [-0.05, 0) is 62.3 Å². The summed E-state index contributed by atoms with van der Waals surface area (Å²) < 4.78 is 13.6. The van der Waals surface area contributed by atoms with Gasteiger partial charge in [-0.25, -0.2) is 0 Å². The Bertz CT molecular complexity index is 1110. The number of hydrogen-bond donors (Lipinski definition) is 1. The average Bonchev–Trinajstić information content (AvgIpc) is 3.13. The summed E-state index contributed by atoms with van der Waals surface area (Å²) in [6.45, 7) is 3.69. The van der Waals surface area contributed by atoms with Gasteiger partial charge in [0.15, 0.2) is 22.1 Å². The first-order valence-electron chi connectivity index (χ1n) is 10.2. The fraction of sp³-hybridized carbons (Fsp3) is 0.391. The number of imidazole rings is 1. The van der Waals surface area contributed by atoms with Crippen molar-refractivity contribution >= 4 is 29.0 Å². The molecule has 6 nitrogen and oxygen atoms in total. The molecule has 0 spiro atoms. The lowest BCUT2D eigenvalue weighted by Crippen LogP contribution is -2.44. The second-order valence-corrected chi connectivity index (χ2v) is 8.08. The second kappa shape index (κ2) is 8.62. The smallest absolute Gasteiger partial charge is 0.179 e. The lowest BCUT2D eigenvalue weighted by atomic mass is 9.98. The molecule has 1 aliphatic heterocycles. The Balaban J connectivity index is 1.46. The number of para-hydroxylation sites is 2. The van der Waals surface area contributed by atoms with Gasteiger partial charge in [-0.2, -0.15) is 0 Å². The van der Waals surface area contributed by atoms with Crippen molar-refractivity contribution < 1.29 is 14.3 Å². The highest BCUT2D eigenvalue weighted by molar-refractivity contribution is 7.71. The molecule has 0 saturated carbocycles. The molecule has 0 aliphatic carbocycles. The van der Waals surface area contributed by atoms with Crippen molar-refractivity contribution in [3.8, 4) is 11.5 Å². The molecular formula is C23H27N3O3S. The molecule has 1 fully saturated rings. The highest BCUT2D eigenvalue weighted by atomic mass is 32.1. The minimum absolute atomic E-state index is 0.0955. The summed E-state index contributed by atoms with van der Waals surface area (Å²) in [5, 5.41) is 0. The van der Waals surface area contributed by atoms with E-state index >= 15 is 0 Å². The fourth-order valence-corrected chi connectivity index (χ4v) is 4.72. The summed E-state index contributed by atoms with van der Waals surface area (Å²) in [5.41, 5.74) is 2.86. The maximum absolute atomic E-state index is 13.1. The lowest BCUT2D eigenvalue weighted by Gasteiger charge is -2.36. The molecule has 0 amide bonds. The molecule has 0 bridgehead atoms. The van der Waals surface area contributed by atoms with Gasteiger partial charge in [-0.15, -0.1) is 0 Å². The summed E-state index contributed by atoms with van der Waals surface area (Å²) in [6, 6.07) is 13.7. The molecule has 3 aromatic rings. The van der Waals surface area contributed by atoms with E-state index < -0.39 is 0 Å². The third-order valence-electron chi connectivity index (χ3n) is 6.08. The summed E-state index contributed by atoms with van der Waals surface area (Å²) in [5.74, 6) is 1.29. The van der Waals surface area contributed by atoms with Crippen molar-refractivity contribution in [2.24, 2.45) is 0 Å². The summed E-state index contributed by atoms with van der Waals surface area (Å²) in [4.78, 5) is 18.6. The lowest BCUT2D eigenvalue weighted by molar-refractivity contribution is 0.0776. The number of hydrogen-bond acceptors (Lipinski definition) is 5. The third kappa shape index (κ3) is 3.75. The number of fused-ring (bicyclic) bond motifs is 1. The quantitative estimate of drug-likeness (QED) is 0.461. The van der Waals surface area contributed by atoms with Crippen LogP contribution in [0.2, 0.25) is 0 Å². The van der Waals surface area contributed by atoms with Crippen LogP contribution in [0.1, 0.15) is 36.2 Å². The van der Waals surface area contributed by atoms with E-state index in [-0.39, 0.29) is 11.8 Å². The summed E-state index contributed by atoms with van der Waals surface area (Å²) >= 11 is 5.58. The molecule has 7 heteroatoms. The minimum Gasteiger partial charge on any atom is -0.493 e. The first-order valence-corrected chi connectivity index (χ1v) is 10.6. The Morgan fingerprint density at radius 1 is 1.10 bits per heavy atom. The molecule has 1 atom stereocenters. The van der Waals surface area contributed by atoms with Crippen LogP contribution in [0.3, 0.4) is 0 Å². The standard InChI is InChI=1S/C23H27N3O3S/c1-15(22(27)16-8-9-20(28-2)21(14-16)29-3)25-12-10-17(11-13-25)26-19-7-5-4-6-18(19)24-23(26)30/h4-9,14-15,17H,10-13H2,1-3H3,(H,24,30). The molecule has 2 aromatic carbocycles. The monoisotopic (exact) mass is 425 g/mol. The number of H-pyrrole nitrogens is 1. The molecular weight excluding hydrogens is 398 g/mol. The van der Waals surface area contributed by atoms with Gasteiger partial charge in [0.1, 0.15) is 0 Å². The van der Waals surface area contributed by atoms with E-state index in [1.54, 1.807) is 32.4 Å². The Kier molecular flexibility index (Phi) is 5.92. The van der Waals surface area contributed by atoms with Crippen LogP contribution in [0.5, 0.6) is 11.5 Å². The number of methoxy groups -OCH3 is 2. The first-order chi connectivity index (χ1) is 14.5. The van der Waals surface area contributed by atoms with Crippen LogP contribution in [0.4, 0.5) is 0 Å². The molecule has 1 unspecified atom stereocenters. The Morgan fingerprint density at radius 2 is 1.80 bits per heavy atom. The minimum atomic E-state index is -0.194. The van der Waals surface area contributed by atoms with Crippen LogP contribution in [0.15, 0.2) is 42.5 Å². The highest BCUT2D eigenvalue weighted by Crippen LogP contribution is 2.31. The summed E-state index contributed by atoms with van der Waals surface area (Å²) in [7, 11) is 3.17. The number of ketones is 1. The molecule has 1 N–H and O–H groups in total. The fourth-order valence-electron chi connectivity index (χ4n) is 4.36. The van der Waals surface area contributed by atoms with Crippen LogP contribution in [-0.4, -0.2) is 53.6 Å². The predicted octanol–water partition coefficient (Wildman–Crippen LogP) is 4.62. The van der Waals surface area contributed by atoms with Crippen LogP contribution in [0.25, 0.3) is 11.0 Å². The Hall–Kier alpha value is -2.64. The van der Waals surface area contributed by atoms with E-state index in [2.05, 4.69) is 26.6 Å². The maximum Gasteiger partial charge on any atom is 0.179 e. The molecule has 1 aliphatic rings. The van der Waals surface area contributed by atoms with Gasteiger partial charge in [0.25, 0.3) is 0 Å². The van der Waals surface area contributed by atoms with Gasteiger partial charge < -0.3 is 19.0 Å². The predicted molar refractivity (Wildman–Crippen MR) is 120 cm³/mol. The third-order valence-corrected chi connectivity index (χ3v) is 6.38. The number of likely N-dealkylation sites (tertiary alicyclic amines) is 1. The molecule has 2 heterocycles. The molecule has 30 heavy (non-hydrogen) atoms. The molecule has 0 radical (unpaired) electrons. The van der Waals surface area contributed by atoms with Crippen LogP contribution in [-0.2, 0) is 0 Å². The van der Waals surface area contributed by atoms with Crippen LogP contribution < -0.4 is 9.47 Å². The largest absolute Gasteiger partial charge is 0.493 e. The van der Waals surface area contributed by atoms with E-state index in [0.717, 1.165) is 41.7 Å². The number of piperidine rings is 1. The SMILES string of the molecule is COc1ccc(C(=O)C(C)N2CCC(n3c(=S)[nH]c4ccccc43)CC2)cc1OC. The van der Waals surface area contributed by atoms with E-state index in [0.29, 0.717) is 23.1 Å². The van der Waals surface area contributed by atoms with Crippen LogP contribution in [0, 0.1) is 4.77 Å². The number of nitrogens with zero attached hydrogens (tertiary/aromatic N) is 2. The second-order valence-electron chi connectivity index (χ2n) is 7.69. The van der Waals surface area contributed by atoms with Crippen molar-refractivity contribution in [2.45, 2.75) is 31.8 Å². The van der Waals surface area contributed by atoms with Crippen molar-refractivity contribution in [2.75, 3.05) is 27.3 Å². The van der Waals surface area contributed by atoms with Gasteiger partial charge in [-0.1, -0.05) is 12.1 Å². The van der Waals surface area contributed by atoms with Crippen molar-refractivity contribution in [3.63, 3.8) is 0 Å². The zero-order valence-corrected chi connectivity index (χ0v) is 18.4. The van der Waals surface area contributed by atoms with Gasteiger partial charge in [0, 0.05) is 24.7 Å². The number of carbonyl (C=O) groups excluding carboxylic acids is 1. The van der Waals surface area contributed by atoms with E-state index in [1.807, 2.05) is 19.1 Å². The normalized spacial score (nSPS) is 16.5. The number of rotatable bonds is 6. The number of Topliss-reactive ketones (excluding diaryl/α,β-unsaturated/α-hetero) is 1. The number of ether oxygens (including phenoxy) is 2.